The zero-order valence-electron chi connectivity index (χ0n) is 15.3. The molecule has 2 N–H and O–H groups in total. The first kappa shape index (κ1) is 18.3. The van der Waals surface area contributed by atoms with Gasteiger partial charge in [0.05, 0.1) is 16.3 Å². The normalized spacial score (nSPS) is 16.6. The van der Waals surface area contributed by atoms with E-state index >= 15 is 0 Å². The molecule has 3 aromatic rings. The van der Waals surface area contributed by atoms with Gasteiger partial charge in [0.1, 0.15) is 11.5 Å². The maximum atomic E-state index is 13.4. The van der Waals surface area contributed by atoms with E-state index in [4.69, 9.17) is 11.6 Å². The van der Waals surface area contributed by atoms with Gasteiger partial charge in [0, 0.05) is 30.7 Å². The molecule has 0 radical (unpaired) electrons. The molecule has 1 fully saturated rings. The van der Waals surface area contributed by atoms with Gasteiger partial charge in [-0.25, -0.2) is 4.98 Å². The summed E-state index contributed by atoms with van der Waals surface area (Å²) in [6.45, 7) is 0.478. The number of hydrogen-bond acceptors (Lipinski definition) is 3. The average Bonchev–Trinajstić information content (AvgIpc) is 3.34. The summed E-state index contributed by atoms with van der Waals surface area (Å²) in [5.41, 5.74) is 2.10. The third-order valence-corrected chi connectivity index (χ3v) is 5.75. The van der Waals surface area contributed by atoms with Crippen molar-refractivity contribution in [1.82, 2.24) is 14.9 Å². The number of nitrogens with zero attached hydrogens (tertiary/aromatic N) is 2. The average molecular weight is 421 g/mol. The number of halogens is 4. The fraction of sp³-hybridized carbons (Fsp3) is 0.300. The number of aromatic amines is 1. The molecule has 0 bridgehead atoms. The SMILES string of the molecule is CN1Cc2cc(Nc3cc(C4CC4)c4c(C(F)(F)F)c[nH]c4n3)c(Cl)cc2C1=O. The highest BCUT2D eigenvalue weighted by atomic mass is 35.5. The van der Waals surface area contributed by atoms with E-state index in [9.17, 15) is 18.0 Å². The minimum atomic E-state index is -4.44. The van der Waals surface area contributed by atoms with Gasteiger partial charge >= 0.3 is 6.18 Å². The van der Waals surface area contributed by atoms with Gasteiger partial charge in [-0.3, -0.25) is 4.79 Å². The Morgan fingerprint density at radius 2 is 2.03 bits per heavy atom. The molecule has 0 saturated heterocycles. The Hall–Kier alpha value is -2.74. The number of amides is 1. The van der Waals surface area contributed by atoms with E-state index in [1.54, 1.807) is 30.1 Å². The first-order chi connectivity index (χ1) is 13.7. The van der Waals surface area contributed by atoms with Gasteiger partial charge in [0.2, 0.25) is 0 Å². The van der Waals surface area contributed by atoms with Crippen molar-refractivity contribution in [1.29, 1.82) is 0 Å². The smallest absolute Gasteiger partial charge is 0.345 e. The Kier molecular flexibility index (Phi) is 3.87. The summed E-state index contributed by atoms with van der Waals surface area (Å²) in [5.74, 6) is 0.421. The third kappa shape index (κ3) is 3.02. The number of H-pyrrole nitrogens is 1. The number of hydrogen-bond donors (Lipinski definition) is 2. The number of anilines is 2. The maximum absolute atomic E-state index is 13.4. The predicted molar refractivity (Wildman–Crippen MR) is 104 cm³/mol. The zero-order valence-corrected chi connectivity index (χ0v) is 16.1. The van der Waals surface area contributed by atoms with E-state index in [2.05, 4.69) is 15.3 Å². The van der Waals surface area contributed by atoms with Crippen molar-refractivity contribution in [3.63, 3.8) is 0 Å². The molecule has 1 aliphatic carbocycles. The lowest BCUT2D eigenvalue weighted by Crippen LogP contribution is -2.17. The molecule has 5 rings (SSSR count). The third-order valence-electron chi connectivity index (χ3n) is 5.44. The van der Waals surface area contributed by atoms with Crippen molar-refractivity contribution in [2.75, 3.05) is 12.4 Å². The molecule has 150 valence electrons. The molecule has 2 aromatic heterocycles. The largest absolute Gasteiger partial charge is 0.418 e. The topological polar surface area (TPSA) is 61.0 Å². The molecule has 9 heteroatoms. The molecule has 5 nitrogen and oxygen atoms in total. The summed E-state index contributed by atoms with van der Waals surface area (Å²) < 4.78 is 40.2. The van der Waals surface area contributed by atoms with Crippen molar-refractivity contribution in [3.8, 4) is 0 Å². The van der Waals surface area contributed by atoms with Crippen molar-refractivity contribution < 1.29 is 18.0 Å². The highest BCUT2D eigenvalue weighted by Gasteiger charge is 2.37. The van der Waals surface area contributed by atoms with Crippen LogP contribution < -0.4 is 5.32 Å². The number of alkyl halides is 3. The van der Waals surface area contributed by atoms with Crippen LogP contribution in [0.4, 0.5) is 24.7 Å². The Bertz CT molecular complexity index is 1170. The molecule has 1 amide bonds. The van der Waals surface area contributed by atoms with Gasteiger partial charge in [0.25, 0.3) is 5.91 Å². The van der Waals surface area contributed by atoms with Crippen LogP contribution in [-0.2, 0) is 12.7 Å². The van der Waals surface area contributed by atoms with E-state index in [0.717, 1.165) is 24.6 Å². The van der Waals surface area contributed by atoms with E-state index in [1.165, 1.54) is 0 Å². The van der Waals surface area contributed by atoms with Crippen LogP contribution in [0.5, 0.6) is 0 Å². The summed E-state index contributed by atoms with van der Waals surface area (Å²) in [6.07, 6.45) is -1.76. The van der Waals surface area contributed by atoms with E-state index in [1.807, 2.05) is 0 Å². The zero-order chi connectivity index (χ0) is 20.5. The summed E-state index contributed by atoms with van der Waals surface area (Å²) in [6, 6.07) is 5.07. The van der Waals surface area contributed by atoms with E-state index in [0.29, 0.717) is 34.2 Å². The summed E-state index contributed by atoms with van der Waals surface area (Å²) in [4.78, 5) is 20.7. The highest BCUT2D eigenvalue weighted by Crippen LogP contribution is 2.47. The molecule has 3 heterocycles. The molecule has 1 aromatic carbocycles. The van der Waals surface area contributed by atoms with Crippen molar-refractivity contribution >= 4 is 40.0 Å². The van der Waals surface area contributed by atoms with Crippen LogP contribution in [0.15, 0.2) is 24.4 Å². The number of pyridine rings is 1. The van der Waals surface area contributed by atoms with Gasteiger partial charge < -0.3 is 15.2 Å². The molecule has 1 aliphatic heterocycles. The lowest BCUT2D eigenvalue weighted by atomic mass is 10.0. The van der Waals surface area contributed by atoms with Crippen LogP contribution in [0, 0.1) is 0 Å². The minimum Gasteiger partial charge on any atom is -0.345 e. The van der Waals surface area contributed by atoms with Gasteiger partial charge in [0.15, 0.2) is 0 Å². The number of carbonyl (C=O) groups excluding carboxylic acids is 1. The number of aromatic nitrogens is 2. The molecule has 1 saturated carbocycles. The molecule has 29 heavy (non-hydrogen) atoms. The van der Waals surface area contributed by atoms with E-state index in [-0.39, 0.29) is 22.9 Å². The van der Waals surface area contributed by atoms with Crippen molar-refractivity contribution in [2.45, 2.75) is 31.5 Å². The standard InChI is InChI=1S/C20H16ClF3N4O/c1-28-8-10-4-15(14(21)5-12(10)19(28)29)26-16-6-11(9-2-3-9)17-13(20(22,23)24)7-25-18(17)27-16/h4-7,9H,2-3,8H2,1H3,(H2,25,26,27). The number of benzene rings is 1. The Morgan fingerprint density at radius 1 is 1.28 bits per heavy atom. The highest BCUT2D eigenvalue weighted by molar-refractivity contribution is 6.33. The molecule has 0 spiro atoms. The summed E-state index contributed by atoms with van der Waals surface area (Å²) in [5, 5.41) is 3.61. The number of carbonyl (C=O) groups is 1. The quantitative estimate of drug-likeness (QED) is 0.593. The fourth-order valence-electron chi connectivity index (χ4n) is 3.88. The monoisotopic (exact) mass is 420 g/mol. The predicted octanol–water partition coefficient (Wildman–Crippen LogP) is 5.44. The second-order valence-electron chi connectivity index (χ2n) is 7.57. The Balaban J connectivity index is 1.57. The van der Waals surface area contributed by atoms with Crippen molar-refractivity contribution in [3.05, 3.63) is 51.7 Å². The summed E-state index contributed by atoms with van der Waals surface area (Å²) >= 11 is 6.35. The number of nitrogens with one attached hydrogen (secondary N) is 2. The lowest BCUT2D eigenvalue weighted by Gasteiger charge is -2.13. The van der Waals surface area contributed by atoms with Crippen LogP contribution in [-0.4, -0.2) is 27.8 Å². The second-order valence-corrected chi connectivity index (χ2v) is 7.98. The van der Waals surface area contributed by atoms with Gasteiger partial charge in [-0.15, -0.1) is 0 Å². The van der Waals surface area contributed by atoms with Crippen molar-refractivity contribution in [2.24, 2.45) is 0 Å². The van der Waals surface area contributed by atoms with Crippen LogP contribution >= 0.6 is 11.6 Å². The first-order valence-corrected chi connectivity index (χ1v) is 9.54. The summed E-state index contributed by atoms with van der Waals surface area (Å²) in [7, 11) is 1.71. The lowest BCUT2D eigenvalue weighted by molar-refractivity contribution is -0.136. The maximum Gasteiger partial charge on any atom is 0.418 e. The Morgan fingerprint density at radius 3 is 2.72 bits per heavy atom. The van der Waals surface area contributed by atoms with Gasteiger partial charge in [-0.05, 0) is 48.1 Å². The minimum absolute atomic E-state index is 0.0879. The van der Waals surface area contributed by atoms with E-state index < -0.39 is 11.7 Å². The van der Waals surface area contributed by atoms with Crippen LogP contribution in [0.3, 0.4) is 0 Å². The molecule has 0 atom stereocenters. The van der Waals surface area contributed by atoms with Crippen LogP contribution in [0.2, 0.25) is 5.02 Å². The molecule has 2 aliphatic rings. The second kappa shape index (κ2) is 6.13. The molecule has 0 unspecified atom stereocenters. The van der Waals surface area contributed by atoms with Crippen LogP contribution in [0.1, 0.15) is 45.8 Å². The van der Waals surface area contributed by atoms with Crippen LogP contribution in [0.25, 0.3) is 11.0 Å². The number of fused-ring (bicyclic) bond motifs is 2. The molecular weight excluding hydrogens is 405 g/mol. The van der Waals surface area contributed by atoms with Gasteiger partial charge in [-0.1, -0.05) is 11.6 Å². The number of rotatable bonds is 3. The van der Waals surface area contributed by atoms with Gasteiger partial charge in [-0.2, -0.15) is 13.2 Å². The Labute approximate surface area is 168 Å². The molecular formula is C20H16ClF3N4O. The fourth-order valence-corrected chi connectivity index (χ4v) is 4.09. The first-order valence-electron chi connectivity index (χ1n) is 9.16.